The smallest absolute Gasteiger partial charge is 0.159 e. The molecule has 0 fully saturated rings. The second-order valence-electron chi connectivity index (χ2n) is 2.04. The summed E-state index contributed by atoms with van der Waals surface area (Å²) in [5.74, 6) is -0.000170. The zero-order chi connectivity index (χ0) is 9.30. The van der Waals surface area contributed by atoms with Crippen molar-refractivity contribution in [3.05, 3.63) is 21.1 Å². The molecular weight excluding hydrogens is 222 g/mol. The van der Waals surface area contributed by atoms with Gasteiger partial charge in [-0.3, -0.25) is 0 Å². The molecule has 0 aliphatic carbocycles. The van der Waals surface area contributed by atoms with Crippen molar-refractivity contribution in [2.45, 2.75) is 0 Å². The molecule has 0 heterocycles. The lowest BCUT2D eigenvalue weighted by molar-refractivity contribution is 0.408. The summed E-state index contributed by atoms with van der Waals surface area (Å²) in [4.78, 5) is 0. The maximum absolute atomic E-state index is 9.24. The largest absolute Gasteiger partial charge is 0.505 e. The molecule has 0 saturated heterocycles. The van der Waals surface area contributed by atoms with Gasteiger partial charge >= 0.3 is 0 Å². The number of hydrogen-bond acceptors (Lipinski definition) is 2. The zero-order valence-electron chi connectivity index (χ0n) is 6.07. The molecule has 1 aromatic carbocycles. The lowest BCUT2D eigenvalue weighted by Gasteiger charge is -2.07. The van der Waals surface area contributed by atoms with E-state index in [-0.39, 0.29) is 26.6 Å². The van der Waals surface area contributed by atoms with Crippen LogP contribution in [0.4, 0.5) is 0 Å². The Balaban J connectivity index is 3.40. The molecule has 0 unspecified atom stereocenters. The van der Waals surface area contributed by atoms with Crippen LogP contribution < -0.4 is 4.74 Å². The van der Waals surface area contributed by atoms with Gasteiger partial charge in [-0.25, -0.2) is 0 Å². The molecule has 0 aromatic heterocycles. The second kappa shape index (κ2) is 3.60. The highest BCUT2D eigenvalue weighted by Gasteiger charge is 2.14. The molecule has 1 rings (SSSR count). The minimum Gasteiger partial charge on any atom is -0.505 e. The third-order valence-electron chi connectivity index (χ3n) is 1.31. The van der Waals surface area contributed by atoms with Crippen LogP contribution in [-0.4, -0.2) is 12.2 Å². The summed E-state index contributed by atoms with van der Waals surface area (Å²) in [6.07, 6.45) is 0. The van der Waals surface area contributed by atoms with Crippen molar-refractivity contribution in [1.29, 1.82) is 0 Å². The summed E-state index contributed by atoms with van der Waals surface area (Å²) in [6.45, 7) is 0. The fraction of sp³-hybridized carbons (Fsp3) is 0.143. The molecule has 0 saturated carbocycles. The van der Waals surface area contributed by atoms with Crippen LogP contribution in [-0.2, 0) is 0 Å². The van der Waals surface area contributed by atoms with Crippen molar-refractivity contribution >= 4 is 34.8 Å². The predicted molar refractivity (Wildman–Crippen MR) is 49.7 cm³/mol. The molecule has 0 bridgehead atoms. The fourth-order valence-electron chi connectivity index (χ4n) is 0.749. The van der Waals surface area contributed by atoms with Gasteiger partial charge in [0.25, 0.3) is 0 Å². The van der Waals surface area contributed by atoms with Crippen molar-refractivity contribution in [2.75, 3.05) is 7.11 Å². The van der Waals surface area contributed by atoms with Gasteiger partial charge < -0.3 is 9.84 Å². The molecule has 2 nitrogen and oxygen atoms in total. The molecule has 0 aliphatic rings. The van der Waals surface area contributed by atoms with Crippen LogP contribution in [0.5, 0.6) is 11.5 Å². The highest BCUT2D eigenvalue weighted by atomic mass is 35.5. The normalized spacial score (nSPS) is 10.0. The molecule has 66 valence electrons. The maximum Gasteiger partial charge on any atom is 0.159 e. The van der Waals surface area contributed by atoms with Gasteiger partial charge in [-0.2, -0.15) is 0 Å². The standard InChI is InChI=1S/C7H5Cl3O2/c1-12-7-4(9)2-3(8)6(11)5(7)10/h2,11H,1H3. The molecule has 0 spiro atoms. The molecule has 0 radical (unpaired) electrons. The Morgan fingerprint density at radius 1 is 1.25 bits per heavy atom. The van der Waals surface area contributed by atoms with Gasteiger partial charge in [0.05, 0.1) is 17.2 Å². The zero-order valence-corrected chi connectivity index (χ0v) is 8.33. The minimum absolute atomic E-state index is 0.0231. The monoisotopic (exact) mass is 226 g/mol. The highest BCUT2D eigenvalue weighted by Crippen LogP contribution is 2.43. The average molecular weight is 227 g/mol. The molecular formula is C7H5Cl3O2. The van der Waals surface area contributed by atoms with Gasteiger partial charge in [-0.1, -0.05) is 34.8 Å². The van der Waals surface area contributed by atoms with Crippen LogP contribution in [0, 0.1) is 0 Å². The van der Waals surface area contributed by atoms with Crippen LogP contribution in [0.1, 0.15) is 0 Å². The number of halogens is 3. The lowest BCUT2D eigenvalue weighted by atomic mass is 10.3. The maximum atomic E-state index is 9.24. The number of phenolic OH excluding ortho intramolecular Hbond substituents is 1. The first kappa shape index (κ1) is 9.78. The Hall–Kier alpha value is -0.310. The first-order valence-corrected chi connectivity index (χ1v) is 4.11. The Kier molecular flexibility index (Phi) is 2.94. The van der Waals surface area contributed by atoms with Crippen molar-refractivity contribution in [1.82, 2.24) is 0 Å². The molecule has 0 amide bonds. The number of hydrogen-bond donors (Lipinski definition) is 1. The van der Waals surface area contributed by atoms with Gasteiger partial charge in [0, 0.05) is 0 Å². The lowest BCUT2D eigenvalue weighted by Crippen LogP contribution is -1.86. The minimum atomic E-state index is -0.223. The van der Waals surface area contributed by atoms with E-state index in [2.05, 4.69) is 0 Å². The van der Waals surface area contributed by atoms with E-state index >= 15 is 0 Å². The van der Waals surface area contributed by atoms with E-state index in [0.29, 0.717) is 0 Å². The Labute approximate surface area is 84.6 Å². The van der Waals surface area contributed by atoms with E-state index < -0.39 is 0 Å². The number of aromatic hydroxyl groups is 1. The van der Waals surface area contributed by atoms with E-state index in [9.17, 15) is 5.11 Å². The van der Waals surface area contributed by atoms with Crippen LogP contribution >= 0.6 is 34.8 Å². The van der Waals surface area contributed by atoms with Crippen molar-refractivity contribution in [3.8, 4) is 11.5 Å². The molecule has 1 N–H and O–H groups in total. The summed E-state index contributed by atoms with van der Waals surface area (Å²) in [5.41, 5.74) is 0. The van der Waals surface area contributed by atoms with Crippen LogP contribution in [0.25, 0.3) is 0 Å². The summed E-state index contributed by atoms with van der Waals surface area (Å²) in [6, 6.07) is 1.36. The number of ether oxygens (including phenoxy) is 1. The number of phenols is 1. The Morgan fingerprint density at radius 3 is 2.33 bits per heavy atom. The van der Waals surface area contributed by atoms with Crippen LogP contribution in [0.15, 0.2) is 6.07 Å². The van der Waals surface area contributed by atoms with Crippen molar-refractivity contribution < 1.29 is 9.84 Å². The van der Waals surface area contributed by atoms with E-state index in [1.165, 1.54) is 13.2 Å². The quantitative estimate of drug-likeness (QED) is 0.797. The fourth-order valence-corrected chi connectivity index (χ4v) is 1.67. The van der Waals surface area contributed by atoms with Crippen molar-refractivity contribution in [2.24, 2.45) is 0 Å². The summed E-state index contributed by atoms with van der Waals surface area (Å²) >= 11 is 16.9. The van der Waals surface area contributed by atoms with Gasteiger partial charge in [0.2, 0.25) is 0 Å². The SMILES string of the molecule is COc1c(Cl)cc(Cl)c(O)c1Cl. The molecule has 5 heteroatoms. The highest BCUT2D eigenvalue weighted by molar-refractivity contribution is 6.41. The van der Waals surface area contributed by atoms with E-state index in [1.54, 1.807) is 0 Å². The first-order chi connectivity index (χ1) is 5.57. The Bertz CT molecular complexity index is 312. The average Bonchev–Trinajstić information content (AvgIpc) is 2.01. The first-order valence-electron chi connectivity index (χ1n) is 2.98. The molecule has 1 aromatic rings. The van der Waals surface area contributed by atoms with E-state index in [4.69, 9.17) is 39.5 Å². The summed E-state index contributed by atoms with van der Waals surface area (Å²) < 4.78 is 4.83. The third-order valence-corrected chi connectivity index (χ3v) is 2.23. The van der Waals surface area contributed by atoms with Crippen LogP contribution in [0.2, 0.25) is 15.1 Å². The summed E-state index contributed by atoms with van der Waals surface area (Å²) in [7, 11) is 1.40. The third kappa shape index (κ3) is 1.56. The topological polar surface area (TPSA) is 29.5 Å². The Morgan fingerprint density at radius 2 is 1.83 bits per heavy atom. The van der Waals surface area contributed by atoms with E-state index in [1.807, 2.05) is 0 Å². The number of benzene rings is 1. The number of rotatable bonds is 1. The van der Waals surface area contributed by atoms with Gasteiger partial charge in [-0.15, -0.1) is 0 Å². The molecule has 0 atom stereocenters. The second-order valence-corrected chi connectivity index (χ2v) is 3.23. The van der Waals surface area contributed by atoms with E-state index in [0.717, 1.165) is 0 Å². The van der Waals surface area contributed by atoms with Gasteiger partial charge in [-0.05, 0) is 6.07 Å². The summed E-state index contributed by atoms with van der Waals surface area (Å²) in [5, 5.41) is 9.63. The van der Waals surface area contributed by atoms with Gasteiger partial charge in [0.15, 0.2) is 11.5 Å². The van der Waals surface area contributed by atoms with Gasteiger partial charge in [0.1, 0.15) is 5.02 Å². The van der Waals surface area contributed by atoms with Crippen molar-refractivity contribution in [3.63, 3.8) is 0 Å². The number of methoxy groups -OCH3 is 1. The van der Waals surface area contributed by atoms with Crippen LogP contribution in [0.3, 0.4) is 0 Å². The molecule has 0 aliphatic heterocycles. The predicted octanol–water partition coefficient (Wildman–Crippen LogP) is 3.36. The molecule has 12 heavy (non-hydrogen) atoms.